The Morgan fingerprint density at radius 1 is 1.31 bits per heavy atom. The number of aromatic nitrogens is 2. The minimum atomic E-state index is 0.361. The van der Waals surface area contributed by atoms with Gasteiger partial charge in [-0.25, -0.2) is 0 Å². The molecule has 1 N–H and O–H groups in total. The summed E-state index contributed by atoms with van der Waals surface area (Å²) in [5, 5.41) is 13.8. The van der Waals surface area contributed by atoms with E-state index in [1.165, 1.54) is 0 Å². The van der Waals surface area contributed by atoms with Crippen LogP contribution in [0, 0.1) is 0 Å². The van der Waals surface area contributed by atoms with Crippen molar-refractivity contribution in [2.24, 2.45) is 0 Å². The van der Waals surface area contributed by atoms with Crippen LogP contribution in [0.2, 0.25) is 0 Å². The molecule has 1 aromatic heterocycles. The lowest BCUT2D eigenvalue weighted by Crippen LogP contribution is -2.20. The normalized spacial score (nSPS) is 20.1. The fraction of sp³-hybridized carbons (Fsp3) is 0.333. The van der Waals surface area contributed by atoms with Crippen molar-refractivity contribution in [1.29, 1.82) is 0 Å². The average Bonchev–Trinajstić information content (AvgIpc) is 2.82. The first kappa shape index (κ1) is 9.54. The van der Waals surface area contributed by atoms with Crippen molar-refractivity contribution in [3.63, 3.8) is 0 Å². The summed E-state index contributed by atoms with van der Waals surface area (Å²) >= 11 is 0. The lowest BCUT2D eigenvalue weighted by molar-refractivity contribution is 0.195. The highest BCUT2D eigenvalue weighted by atomic mass is 16.5. The second-order valence-electron chi connectivity index (χ2n) is 3.99. The minimum Gasteiger partial charge on any atom is -0.379 e. The highest BCUT2D eigenvalue weighted by molar-refractivity contribution is 5.90. The molecule has 1 aromatic carbocycles. The number of fused-ring (bicyclic) bond motifs is 1. The van der Waals surface area contributed by atoms with Crippen LogP contribution >= 0.6 is 0 Å². The summed E-state index contributed by atoms with van der Waals surface area (Å²) in [5.74, 6) is 0.855. The lowest BCUT2D eigenvalue weighted by atomic mass is 10.2. The third-order valence-corrected chi connectivity index (χ3v) is 2.84. The molecule has 0 amide bonds. The number of ether oxygens (including phenoxy) is 1. The van der Waals surface area contributed by atoms with Crippen LogP contribution in [0.4, 0.5) is 5.82 Å². The van der Waals surface area contributed by atoms with E-state index >= 15 is 0 Å². The van der Waals surface area contributed by atoms with Crippen LogP contribution in [0.1, 0.15) is 6.42 Å². The molecule has 2 aromatic rings. The van der Waals surface area contributed by atoms with Gasteiger partial charge in [0.25, 0.3) is 0 Å². The highest BCUT2D eigenvalue weighted by Gasteiger charge is 2.16. The van der Waals surface area contributed by atoms with Gasteiger partial charge in [-0.05, 0) is 6.42 Å². The molecule has 1 aliphatic rings. The predicted molar refractivity (Wildman–Crippen MR) is 62.4 cm³/mol. The van der Waals surface area contributed by atoms with Gasteiger partial charge < -0.3 is 10.1 Å². The molecule has 0 bridgehead atoms. The molecule has 4 heteroatoms. The summed E-state index contributed by atoms with van der Waals surface area (Å²) in [5.41, 5.74) is 0. The first-order valence-corrected chi connectivity index (χ1v) is 5.48. The average molecular weight is 215 g/mol. The minimum absolute atomic E-state index is 0.361. The fourth-order valence-corrected chi connectivity index (χ4v) is 1.98. The van der Waals surface area contributed by atoms with Gasteiger partial charge in [-0.1, -0.05) is 24.3 Å². The maximum Gasteiger partial charge on any atom is 0.156 e. The molecule has 1 fully saturated rings. The van der Waals surface area contributed by atoms with Gasteiger partial charge in [0.2, 0.25) is 0 Å². The van der Waals surface area contributed by atoms with E-state index in [0.29, 0.717) is 6.04 Å². The third kappa shape index (κ3) is 1.72. The van der Waals surface area contributed by atoms with Gasteiger partial charge in [0, 0.05) is 17.4 Å². The Morgan fingerprint density at radius 3 is 3.12 bits per heavy atom. The number of anilines is 1. The van der Waals surface area contributed by atoms with Crippen LogP contribution in [0.15, 0.2) is 30.5 Å². The Kier molecular flexibility index (Phi) is 2.42. The molecule has 1 atom stereocenters. The Hall–Kier alpha value is -1.68. The van der Waals surface area contributed by atoms with Gasteiger partial charge in [-0.15, -0.1) is 5.10 Å². The summed E-state index contributed by atoms with van der Waals surface area (Å²) < 4.78 is 5.33. The number of hydrogen-bond acceptors (Lipinski definition) is 4. The smallest absolute Gasteiger partial charge is 0.156 e. The Balaban J connectivity index is 1.96. The van der Waals surface area contributed by atoms with Crippen LogP contribution in [-0.2, 0) is 4.74 Å². The molecule has 1 unspecified atom stereocenters. The van der Waals surface area contributed by atoms with E-state index in [2.05, 4.69) is 21.6 Å². The summed E-state index contributed by atoms with van der Waals surface area (Å²) in [6.07, 6.45) is 2.82. The molecule has 2 heterocycles. The maximum absolute atomic E-state index is 5.33. The summed E-state index contributed by atoms with van der Waals surface area (Å²) in [7, 11) is 0. The quantitative estimate of drug-likeness (QED) is 0.830. The van der Waals surface area contributed by atoms with Crippen LogP contribution in [-0.4, -0.2) is 29.5 Å². The lowest BCUT2D eigenvalue weighted by Gasteiger charge is -2.12. The number of benzene rings is 1. The maximum atomic E-state index is 5.33. The van der Waals surface area contributed by atoms with E-state index in [1.807, 2.05) is 18.2 Å². The Morgan fingerprint density at radius 2 is 2.25 bits per heavy atom. The highest BCUT2D eigenvalue weighted by Crippen LogP contribution is 2.21. The summed E-state index contributed by atoms with van der Waals surface area (Å²) in [6, 6.07) is 8.48. The molecule has 0 saturated carbocycles. The van der Waals surface area contributed by atoms with Gasteiger partial charge in [-0.2, -0.15) is 5.10 Å². The molecule has 0 radical (unpaired) electrons. The fourth-order valence-electron chi connectivity index (χ4n) is 1.98. The molecule has 4 nitrogen and oxygen atoms in total. The van der Waals surface area contributed by atoms with Crippen molar-refractivity contribution in [2.75, 3.05) is 18.5 Å². The molecule has 82 valence electrons. The van der Waals surface area contributed by atoms with Crippen molar-refractivity contribution in [2.45, 2.75) is 12.5 Å². The van der Waals surface area contributed by atoms with E-state index in [-0.39, 0.29) is 0 Å². The third-order valence-electron chi connectivity index (χ3n) is 2.84. The van der Waals surface area contributed by atoms with Crippen molar-refractivity contribution < 1.29 is 4.74 Å². The van der Waals surface area contributed by atoms with E-state index in [9.17, 15) is 0 Å². The van der Waals surface area contributed by atoms with E-state index in [4.69, 9.17) is 4.74 Å². The van der Waals surface area contributed by atoms with E-state index < -0.39 is 0 Å². The zero-order valence-corrected chi connectivity index (χ0v) is 8.89. The molecule has 1 saturated heterocycles. The molecule has 0 aliphatic carbocycles. The van der Waals surface area contributed by atoms with Gasteiger partial charge >= 0.3 is 0 Å². The van der Waals surface area contributed by atoms with Crippen molar-refractivity contribution >= 4 is 16.6 Å². The van der Waals surface area contributed by atoms with Crippen LogP contribution in [0.3, 0.4) is 0 Å². The number of rotatable bonds is 2. The van der Waals surface area contributed by atoms with Gasteiger partial charge in [-0.3, -0.25) is 0 Å². The SMILES string of the molecule is c1ccc2c(NC3CCOC3)nncc2c1. The molecule has 0 spiro atoms. The zero-order chi connectivity index (χ0) is 10.8. The number of nitrogens with zero attached hydrogens (tertiary/aromatic N) is 2. The molecular formula is C12H13N3O. The predicted octanol–water partition coefficient (Wildman–Crippen LogP) is 1.83. The van der Waals surface area contributed by atoms with E-state index in [0.717, 1.165) is 36.2 Å². The standard InChI is InChI=1S/C12H13N3O/c1-2-4-11-9(3-1)7-13-15-12(11)14-10-5-6-16-8-10/h1-4,7,10H,5-6,8H2,(H,14,15). The number of hydrogen-bond donors (Lipinski definition) is 1. The molecule has 16 heavy (non-hydrogen) atoms. The Bertz CT molecular complexity index is 489. The monoisotopic (exact) mass is 215 g/mol. The van der Waals surface area contributed by atoms with Gasteiger partial charge in [0.05, 0.1) is 18.8 Å². The first-order chi connectivity index (χ1) is 7.93. The second-order valence-corrected chi connectivity index (χ2v) is 3.99. The summed E-state index contributed by atoms with van der Waals surface area (Å²) in [4.78, 5) is 0. The Labute approximate surface area is 93.6 Å². The summed E-state index contributed by atoms with van der Waals surface area (Å²) in [6.45, 7) is 1.58. The second kappa shape index (κ2) is 4.06. The van der Waals surface area contributed by atoms with Crippen LogP contribution < -0.4 is 5.32 Å². The van der Waals surface area contributed by atoms with Crippen LogP contribution in [0.5, 0.6) is 0 Å². The molecule has 3 rings (SSSR count). The van der Waals surface area contributed by atoms with Crippen LogP contribution in [0.25, 0.3) is 10.8 Å². The number of nitrogens with one attached hydrogen (secondary N) is 1. The zero-order valence-electron chi connectivity index (χ0n) is 8.89. The molecule has 1 aliphatic heterocycles. The van der Waals surface area contributed by atoms with Crippen molar-refractivity contribution in [3.8, 4) is 0 Å². The molecular weight excluding hydrogens is 202 g/mol. The largest absolute Gasteiger partial charge is 0.379 e. The van der Waals surface area contributed by atoms with E-state index in [1.54, 1.807) is 6.20 Å². The topological polar surface area (TPSA) is 47.0 Å². The van der Waals surface area contributed by atoms with Gasteiger partial charge in [0.1, 0.15) is 0 Å². The first-order valence-electron chi connectivity index (χ1n) is 5.48. The van der Waals surface area contributed by atoms with Gasteiger partial charge in [0.15, 0.2) is 5.82 Å². The van der Waals surface area contributed by atoms with Crippen molar-refractivity contribution in [1.82, 2.24) is 10.2 Å². The van der Waals surface area contributed by atoms with Crippen molar-refractivity contribution in [3.05, 3.63) is 30.5 Å².